The van der Waals surface area contributed by atoms with E-state index < -0.39 is 5.60 Å². The van der Waals surface area contributed by atoms with Crippen molar-refractivity contribution in [2.75, 3.05) is 13.1 Å². The van der Waals surface area contributed by atoms with Crippen molar-refractivity contribution in [1.82, 2.24) is 9.80 Å². The third kappa shape index (κ3) is 2.63. The molecule has 2 aliphatic heterocycles. The van der Waals surface area contributed by atoms with Crippen molar-refractivity contribution in [3.05, 3.63) is 41.5 Å². The molecule has 0 unspecified atom stereocenters. The molecule has 2 fully saturated rings. The second-order valence-electron chi connectivity index (χ2n) is 8.09. The summed E-state index contributed by atoms with van der Waals surface area (Å²) in [7, 11) is 0. The Morgan fingerprint density at radius 2 is 2.04 bits per heavy atom. The van der Waals surface area contributed by atoms with Crippen LogP contribution < -0.4 is 0 Å². The zero-order valence-electron chi connectivity index (χ0n) is 14.7. The number of nitrogens with zero attached hydrogens (tertiary/aromatic N) is 2. The zero-order chi connectivity index (χ0) is 16.9. The van der Waals surface area contributed by atoms with Crippen LogP contribution >= 0.6 is 0 Å². The summed E-state index contributed by atoms with van der Waals surface area (Å²) in [5, 5.41) is 0. The Balaban J connectivity index is 1.73. The van der Waals surface area contributed by atoms with Crippen molar-refractivity contribution < 1.29 is 9.53 Å². The standard InChI is InChI=1S/C20H26N2O2/c1-20(2,3)24-19(23)22-13-15-8-6-12-21(15)17-11-10-14-7-4-5-9-16(14)18(17)22/h4-5,7,9-11,15,17-18H,6,8,12-13H2,1-3H3/t15-,17-,18-/m0/s1. The van der Waals surface area contributed by atoms with Crippen molar-refractivity contribution in [1.29, 1.82) is 0 Å². The molecule has 4 rings (SSSR count). The fourth-order valence-electron chi connectivity index (χ4n) is 4.36. The van der Waals surface area contributed by atoms with E-state index in [1.807, 2.05) is 25.7 Å². The van der Waals surface area contributed by atoms with E-state index in [0.717, 1.165) is 19.5 Å². The van der Waals surface area contributed by atoms with Gasteiger partial charge in [0.05, 0.1) is 12.1 Å². The Hall–Kier alpha value is -1.81. The topological polar surface area (TPSA) is 32.8 Å². The molecule has 3 aliphatic rings. The van der Waals surface area contributed by atoms with Crippen LogP contribution in [-0.4, -0.2) is 46.7 Å². The molecule has 0 bridgehead atoms. The maximum Gasteiger partial charge on any atom is 0.410 e. The van der Waals surface area contributed by atoms with E-state index in [1.165, 1.54) is 17.5 Å². The number of carbonyl (C=O) groups excluding carboxylic acids is 1. The molecule has 2 heterocycles. The van der Waals surface area contributed by atoms with Gasteiger partial charge in [-0.25, -0.2) is 4.79 Å². The maximum absolute atomic E-state index is 12.9. The molecular weight excluding hydrogens is 300 g/mol. The van der Waals surface area contributed by atoms with Gasteiger partial charge in [-0.05, 0) is 51.3 Å². The average molecular weight is 326 g/mol. The SMILES string of the molecule is CC(C)(C)OC(=O)N1C[C@@H]2CCCN2[C@H]2C=Cc3ccccc3[C@@H]21. The van der Waals surface area contributed by atoms with Gasteiger partial charge in [0, 0.05) is 12.6 Å². The molecule has 128 valence electrons. The number of hydrogen-bond donors (Lipinski definition) is 0. The summed E-state index contributed by atoms with van der Waals surface area (Å²) in [5.74, 6) is 0. The number of hydrogen-bond acceptors (Lipinski definition) is 3. The van der Waals surface area contributed by atoms with Crippen molar-refractivity contribution >= 4 is 12.2 Å². The van der Waals surface area contributed by atoms with Crippen LogP contribution in [0, 0.1) is 0 Å². The molecule has 0 radical (unpaired) electrons. The quantitative estimate of drug-likeness (QED) is 0.726. The van der Waals surface area contributed by atoms with Gasteiger partial charge in [-0.3, -0.25) is 9.80 Å². The van der Waals surface area contributed by atoms with Crippen LogP contribution in [0.15, 0.2) is 30.3 Å². The largest absolute Gasteiger partial charge is 0.444 e. The minimum atomic E-state index is -0.469. The fourth-order valence-corrected chi connectivity index (χ4v) is 4.36. The van der Waals surface area contributed by atoms with Gasteiger partial charge in [0.2, 0.25) is 0 Å². The Morgan fingerprint density at radius 1 is 1.25 bits per heavy atom. The van der Waals surface area contributed by atoms with Crippen LogP contribution in [0.25, 0.3) is 6.08 Å². The molecule has 0 spiro atoms. The van der Waals surface area contributed by atoms with Gasteiger partial charge in [0.25, 0.3) is 0 Å². The molecule has 24 heavy (non-hydrogen) atoms. The summed E-state index contributed by atoms with van der Waals surface area (Å²) in [4.78, 5) is 17.5. The molecule has 3 atom stereocenters. The first-order chi connectivity index (χ1) is 11.4. The number of carbonyl (C=O) groups is 1. The predicted molar refractivity (Wildman–Crippen MR) is 94.7 cm³/mol. The predicted octanol–water partition coefficient (Wildman–Crippen LogP) is 3.84. The normalized spacial score (nSPS) is 29.0. The van der Waals surface area contributed by atoms with Gasteiger partial charge in [-0.15, -0.1) is 0 Å². The second-order valence-corrected chi connectivity index (χ2v) is 8.09. The molecule has 4 heteroatoms. The highest BCUT2D eigenvalue weighted by molar-refractivity contribution is 5.71. The third-order valence-corrected chi connectivity index (χ3v) is 5.29. The van der Waals surface area contributed by atoms with Crippen molar-refractivity contribution in [3.8, 4) is 0 Å². The van der Waals surface area contributed by atoms with Crippen LogP contribution in [0.5, 0.6) is 0 Å². The van der Waals surface area contributed by atoms with E-state index in [9.17, 15) is 4.79 Å². The molecule has 0 N–H and O–H groups in total. The van der Waals surface area contributed by atoms with Crippen molar-refractivity contribution in [3.63, 3.8) is 0 Å². The summed E-state index contributed by atoms with van der Waals surface area (Å²) in [6.45, 7) is 7.69. The van der Waals surface area contributed by atoms with Gasteiger partial charge in [0.1, 0.15) is 5.60 Å². The van der Waals surface area contributed by atoms with Crippen LogP contribution in [0.1, 0.15) is 50.8 Å². The summed E-state index contributed by atoms with van der Waals surface area (Å²) in [6.07, 6.45) is 6.68. The van der Waals surface area contributed by atoms with Gasteiger partial charge < -0.3 is 4.74 Å². The summed E-state index contributed by atoms with van der Waals surface area (Å²) in [5.41, 5.74) is 1.98. The first kappa shape index (κ1) is 15.7. The number of rotatable bonds is 0. The summed E-state index contributed by atoms with van der Waals surface area (Å²) >= 11 is 0. The highest BCUT2D eigenvalue weighted by atomic mass is 16.6. The fraction of sp³-hybridized carbons (Fsp3) is 0.550. The molecule has 1 aliphatic carbocycles. The van der Waals surface area contributed by atoms with E-state index in [2.05, 4.69) is 41.3 Å². The Morgan fingerprint density at radius 3 is 2.83 bits per heavy atom. The number of amides is 1. The lowest BCUT2D eigenvalue weighted by Crippen LogP contribution is -2.59. The lowest BCUT2D eigenvalue weighted by Gasteiger charge is -2.50. The Labute approximate surface area is 144 Å². The van der Waals surface area contributed by atoms with E-state index in [0.29, 0.717) is 6.04 Å². The van der Waals surface area contributed by atoms with E-state index in [-0.39, 0.29) is 18.2 Å². The van der Waals surface area contributed by atoms with Crippen molar-refractivity contribution in [2.24, 2.45) is 0 Å². The first-order valence-electron chi connectivity index (χ1n) is 8.96. The molecular formula is C20H26N2O2. The molecule has 2 saturated heterocycles. The van der Waals surface area contributed by atoms with Crippen LogP contribution in [0.3, 0.4) is 0 Å². The van der Waals surface area contributed by atoms with Crippen molar-refractivity contribution in [2.45, 2.75) is 57.3 Å². The maximum atomic E-state index is 12.9. The summed E-state index contributed by atoms with van der Waals surface area (Å²) < 4.78 is 5.73. The molecule has 1 aromatic carbocycles. The summed E-state index contributed by atoms with van der Waals surface area (Å²) in [6, 6.07) is 9.18. The first-order valence-corrected chi connectivity index (χ1v) is 8.96. The highest BCUT2D eigenvalue weighted by Crippen LogP contribution is 2.42. The van der Waals surface area contributed by atoms with E-state index in [1.54, 1.807) is 0 Å². The molecule has 1 aromatic rings. The van der Waals surface area contributed by atoms with Gasteiger partial charge >= 0.3 is 6.09 Å². The minimum Gasteiger partial charge on any atom is -0.444 e. The van der Waals surface area contributed by atoms with E-state index in [4.69, 9.17) is 4.74 Å². The molecule has 1 amide bonds. The monoisotopic (exact) mass is 326 g/mol. The average Bonchev–Trinajstić information content (AvgIpc) is 3.00. The molecule has 0 saturated carbocycles. The number of fused-ring (bicyclic) bond motifs is 5. The van der Waals surface area contributed by atoms with Gasteiger partial charge in [0.15, 0.2) is 0 Å². The lowest BCUT2D eigenvalue weighted by atomic mass is 9.85. The van der Waals surface area contributed by atoms with E-state index >= 15 is 0 Å². The highest BCUT2D eigenvalue weighted by Gasteiger charge is 2.47. The second kappa shape index (κ2) is 5.62. The van der Waals surface area contributed by atoms with Crippen LogP contribution in [0.2, 0.25) is 0 Å². The number of ether oxygens (including phenoxy) is 1. The molecule has 0 aromatic heterocycles. The Bertz CT molecular complexity index is 676. The van der Waals surface area contributed by atoms with Gasteiger partial charge in [-0.2, -0.15) is 0 Å². The smallest absolute Gasteiger partial charge is 0.410 e. The third-order valence-electron chi connectivity index (χ3n) is 5.29. The van der Waals surface area contributed by atoms with Crippen LogP contribution in [0.4, 0.5) is 4.79 Å². The minimum absolute atomic E-state index is 0.0513. The number of benzene rings is 1. The number of piperazine rings is 1. The van der Waals surface area contributed by atoms with Gasteiger partial charge in [-0.1, -0.05) is 36.4 Å². The molecule has 4 nitrogen and oxygen atoms in total. The zero-order valence-corrected chi connectivity index (χ0v) is 14.7. The lowest BCUT2D eigenvalue weighted by molar-refractivity contribution is -0.0221. The Kier molecular flexibility index (Phi) is 3.68. The van der Waals surface area contributed by atoms with Crippen LogP contribution in [-0.2, 0) is 4.74 Å².